The van der Waals surface area contributed by atoms with Crippen molar-refractivity contribution in [1.82, 2.24) is 4.31 Å². The summed E-state index contributed by atoms with van der Waals surface area (Å²) in [6, 6.07) is 10.4. The second-order valence-electron chi connectivity index (χ2n) is 4.13. The number of ether oxygens (including phenoxy) is 1. The van der Waals surface area contributed by atoms with Gasteiger partial charge in [-0.05, 0) is 35.7 Å². The van der Waals surface area contributed by atoms with Gasteiger partial charge in [0.2, 0.25) is 10.0 Å². The summed E-state index contributed by atoms with van der Waals surface area (Å²) in [5.74, 6) is 0.658. The van der Waals surface area contributed by atoms with Crippen LogP contribution in [0, 0.1) is 0 Å². The minimum Gasteiger partial charge on any atom is -0.488 e. The highest BCUT2D eigenvalue weighted by Gasteiger charge is 2.16. The van der Waals surface area contributed by atoms with Crippen molar-refractivity contribution < 1.29 is 13.2 Å². The fourth-order valence-electron chi connectivity index (χ4n) is 1.47. The van der Waals surface area contributed by atoms with Crippen LogP contribution in [0.5, 0.6) is 5.75 Å². The number of sulfonamides is 1. The number of hydrogen-bond acceptors (Lipinski definition) is 4. The second-order valence-corrected chi connectivity index (χ2v) is 7.31. The summed E-state index contributed by atoms with van der Waals surface area (Å²) in [5, 5.41) is 1.99. The van der Waals surface area contributed by atoms with Crippen LogP contribution in [-0.2, 0) is 16.6 Å². The van der Waals surface area contributed by atoms with Crippen LogP contribution >= 0.6 is 11.3 Å². The molecule has 0 aliphatic carbocycles. The first-order valence-corrected chi connectivity index (χ1v) is 8.00. The lowest BCUT2D eigenvalue weighted by Crippen LogP contribution is -2.22. The Balaban J connectivity index is 2.07. The maximum Gasteiger partial charge on any atom is 0.242 e. The van der Waals surface area contributed by atoms with Crippen molar-refractivity contribution in [2.24, 2.45) is 0 Å². The van der Waals surface area contributed by atoms with Gasteiger partial charge in [0.15, 0.2) is 0 Å². The molecule has 0 fully saturated rings. The van der Waals surface area contributed by atoms with Crippen molar-refractivity contribution >= 4 is 21.4 Å². The Labute approximate surface area is 117 Å². The van der Waals surface area contributed by atoms with Gasteiger partial charge in [0, 0.05) is 19.0 Å². The van der Waals surface area contributed by atoms with E-state index in [9.17, 15) is 8.42 Å². The van der Waals surface area contributed by atoms with Crippen molar-refractivity contribution in [2.45, 2.75) is 11.5 Å². The van der Waals surface area contributed by atoms with Crippen LogP contribution in [0.15, 0.2) is 46.7 Å². The summed E-state index contributed by atoms with van der Waals surface area (Å²) in [5.41, 5.74) is 0. The van der Waals surface area contributed by atoms with Crippen molar-refractivity contribution in [3.05, 3.63) is 46.7 Å². The predicted molar refractivity (Wildman–Crippen MR) is 76.0 cm³/mol. The molecule has 0 amide bonds. The van der Waals surface area contributed by atoms with Crippen LogP contribution < -0.4 is 4.74 Å². The first-order chi connectivity index (χ1) is 9.00. The van der Waals surface area contributed by atoms with Gasteiger partial charge in [0.25, 0.3) is 0 Å². The molecule has 0 saturated carbocycles. The van der Waals surface area contributed by atoms with Crippen LogP contribution in [0.2, 0.25) is 0 Å². The van der Waals surface area contributed by atoms with Crippen LogP contribution in [0.25, 0.3) is 0 Å². The fourth-order valence-corrected chi connectivity index (χ4v) is 2.99. The zero-order valence-corrected chi connectivity index (χ0v) is 12.4. The van der Waals surface area contributed by atoms with E-state index in [1.54, 1.807) is 35.6 Å². The Kier molecular flexibility index (Phi) is 4.24. The second kappa shape index (κ2) is 5.73. The summed E-state index contributed by atoms with van der Waals surface area (Å²) < 4.78 is 30.5. The number of hydrogen-bond donors (Lipinski definition) is 0. The summed E-state index contributed by atoms with van der Waals surface area (Å²) in [4.78, 5) is 1.39. The third-order valence-electron chi connectivity index (χ3n) is 2.56. The highest BCUT2D eigenvalue weighted by Crippen LogP contribution is 2.19. The Hall–Kier alpha value is -1.37. The molecule has 0 saturated heterocycles. The summed E-state index contributed by atoms with van der Waals surface area (Å²) in [6.07, 6.45) is 0. The molecule has 0 bridgehead atoms. The molecule has 1 heterocycles. The molecular formula is C13H15NO3S2. The zero-order valence-electron chi connectivity index (χ0n) is 10.7. The summed E-state index contributed by atoms with van der Waals surface area (Å²) >= 11 is 1.63. The molecule has 0 N–H and O–H groups in total. The molecule has 0 spiro atoms. The molecule has 102 valence electrons. The van der Waals surface area contributed by atoms with Crippen LogP contribution in [0.4, 0.5) is 0 Å². The molecule has 6 heteroatoms. The van der Waals surface area contributed by atoms with Crippen LogP contribution in [-0.4, -0.2) is 26.8 Å². The summed E-state index contributed by atoms with van der Waals surface area (Å²) in [7, 11) is -0.351. The van der Waals surface area contributed by atoms with Crippen molar-refractivity contribution in [2.75, 3.05) is 14.1 Å². The van der Waals surface area contributed by atoms with Gasteiger partial charge in [0.05, 0.1) is 4.90 Å². The lowest BCUT2D eigenvalue weighted by Gasteiger charge is -2.11. The number of nitrogens with zero attached hydrogens (tertiary/aromatic N) is 1. The van der Waals surface area contributed by atoms with Crippen molar-refractivity contribution in [3.63, 3.8) is 0 Å². The van der Waals surface area contributed by atoms with Gasteiger partial charge in [-0.2, -0.15) is 0 Å². The van der Waals surface area contributed by atoms with E-state index in [-0.39, 0.29) is 4.90 Å². The standard InChI is InChI=1S/C13H15NO3S2/c1-14(2)19(15,16)13-7-5-11(6-8-13)17-10-12-4-3-9-18-12/h3-9H,10H2,1-2H3. The minimum absolute atomic E-state index is 0.265. The van der Waals surface area contributed by atoms with E-state index in [0.717, 1.165) is 4.88 Å². The lowest BCUT2D eigenvalue weighted by atomic mass is 10.3. The molecule has 0 radical (unpaired) electrons. The Morgan fingerprint density at radius 3 is 2.37 bits per heavy atom. The molecule has 1 aromatic carbocycles. The van der Waals surface area contributed by atoms with E-state index in [2.05, 4.69) is 0 Å². The van der Waals surface area contributed by atoms with Crippen molar-refractivity contribution in [3.8, 4) is 5.75 Å². The normalized spacial score (nSPS) is 11.7. The first kappa shape index (κ1) is 14.0. The van der Waals surface area contributed by atoms with Crippen molar-refractivity contribution in [1.29, 1.82) is 0 Å². The molecule has 2 aromatic rings. The monoisotopic (exact) mass is 297 g/mol. The third kappa shape index (κ3) is 3.34. The van der Waals surface area contributed by atoms with E-state index in [4.69, 9.17) is 4.74 Å². The highest BCUT2D eigenvalue weighted by atomic mass is 32.2. The van der Waals surface area contributed by atoms with E-state index < -0.39 is 10.0 Å². The zero-order chi connectivity index (χ0) is 13.9. The van der Waals surface area contributed by atoms with E-state index in [1.165, 1.54) is 18.4 Å². The molecule has 2 rings (SSSR count). The molecule has 0 unspecified atom stereocenters. The summed E-state index contributed by atoms with van der Waals surface area (Å²) in [6.45, 7) is 0.497. The van der Waals surface area contributed by atoms with E-state index in [1.807, 2.05) is 17.5 Å². The van der Waals surface area contributed by atoms with Crippen LogP contribution in [0.3, 0.4) is 0 Å². The van der Waals surface area contributed by atoms with Gasteiger partial charge in [-0.25, -0.2) is 12.7 Å². The maximum atomic E-state index is 11.9. The van der Waals surface area contributed by atoms with Gasteiger partial charge in [-0.3, -0.25) is 0 Å². The van der Waals surface area contributed by atoms with Gasteiger partial charge in [-0.1, -0.05) is 6.07 Å². The number of rotatable bonds is 5. The van der Waals surface area contributed by atoms with E-state index in [0.29, 0.717) is 12.4 Å². The largest absolute Gasteiger partial charge is 0.488 e. The van der Waals surface area contributed by atoms with Gasteiger partial charge in [-0.15, -0.1) is 11.3 Å². The number of benzene rings is 1. The highest BCUT2D eigenvalue weighted by molar-refractivity contribution is 7.89. The Morgan fingerprint density at radius 2 is 1.84 bits per heavy atom. The van der Waals surface area contributed by atoms with E-state index >= 15 is 0 Å². The fraction of sp³-hybridized carbons (Fsp3) is 0.231. The van der Waals surface area contributed by atoms with Gasteiger partial charge in [0.1, 0.15) is 12.4 Å². The van der Waals surface area contributed by atoms with Gasteiger partial charge < -0.3 is 4.74 Å². The molecule has 1 aromatic heterocycles. The topological polar surface area (TPSA) is 46.6 Å². The average molecular weight is 297 g/mol. The minimum atomic E-state index is -3.37. The van der Waals surface area contributed by atoms with Crippen LogP contribution in [0.1, 0.15) is 4.88 Å². The quantitative estimate of drug-likeness (QED) is 0.852. The predicted octanol–water partition coefficient (Wildman–Crippen LogP) is 2.58. The molecule has 0 atom stereocenters. The number of thiophene rings is 1. The third-order valence-corrected chi connectivity index (χ3v) is 5.24. The molecule has 19 heavy (non-hydrogen) atoms. The molecule has 4 nitrogen and oxygen atoms in total. The average Bonchev–Trinajstić information content (AvgIpc) is 2.90. The van der Waals surface area contributed by atoms with Gasteiger partial charge >= 0.3 is 0 Å². The molecule has 0 aliphatic rings. The molecule has 0 aliphatic heterocycles. The first-order valence-electron chi connectivity index (χ1n) is 5.68. The SMILES string of the molecule is CN(C)S(=O)(=O)c1ccc(OCc2cccs2)cc1. The maximum absolute atomic E-state index is 11.9. The smallest absolute Gasteiger partial charge is 0.242 e. The Morgan fingerprint density at radius 1 is 1.16 bits per heavy atom. The lowest BCUT2D eigenvalue weighted by molar-refractivity contribution is 0.309. The molecular weight excluding hydrogens is 282 g/mol. The Bertz CT molecular complexity index is 616.